The van der Waals surface area contributed by atoms with Crippen LogP contribution in [0.2, 0.25) is 0 Å². The third-order valence-corrected chi connectivity index (χ3v) is 3.62. The van der Waals surface area contributed by atoms with E-state index in [4.69, 9.17) is 5.73 Å². The number of aromatic amines is 1. The third-order valence-electron chi connectivity index (χ3n) is 3.62. The number of hydrogen-bond acceptors (Lipinski definition) is 4. The third kappa shape index (κ3) is 2.08. The van der Waals surface area contributed by atoms with Crippen LogP contribution in [0, 0.1) is 6.92 Å². The van der Waals surface area contributed by atoms with E-state index < -0.39 is 0 Å². The zero-order chi connectivity index (χ0) is 14.1. The van der Waals surface area contributed by atoms with E-state index in [9.17, 15) is 4.79 Å². The van der Waals surface area contributed by atoms with Crippen LogP contribution in [0.5, 0.6) is 0 Å². The van der Waals surface area contributed by atoms with Crippen LogP contribution >= 0.6 is 0 Å². The molecule has 0 aliphatic carbocycles. The van der Waals surface area contributed by atoms with Crippen LogP contribution in [0.4, 0.5) is 5.69 Å². The number of rotatable bonds is 3. The van der Waals surface area contributed by atoms with Gasteiger partial charge < -0.3 is 10.6 Å². The zero-order valence-corrected chi connectivity index (χ0v) is 11.3. The van der Waals surface area contributed by atoms with Gasteiger partial charge in [0.2, 0.25) is 5.82 Å². The van der Waals surface area contributed by atoms with Crippen molar-refractivity contribution < 1.29 is 4.79 Å². The second-order valence-electron chi connectivity index (χ2n) is 4.99. The SMILES string of the molecule is Cc1nc(C(=O)N2CC(CCN)c3ccccc32)n[nH]1. The first-order chi connectivity index (χ1) is 9.70. The molecule has 1 aromatic heterocycles. The Bertz CT molecular complexity index is 636. The first-order valence-electron chi connectivity index (χ1n) is 6.70. The summed E-state index contributed by atoms with van der Waals surface area (Å²) in [6.45, 7) is 3.03. The van der Waals surface area contributed by atoms with Gasteiger partial charge in [-0.15, -0.1) is 5.10 Å². The highest BCUT2D eigenvalue weighted by molar-refractivity contribution is 6.05. The Kier molecular flexibility index (Phi) is 3.23. The molecule has 1 amide bonds. The molecule has 0 saturated heterocycles. The van der Waals surface area contributed by atoms with Gasteiger partial charge in [0.15, 0.2) is 0 Å². The minimum Gasteiger partial charge on any atom is -0.330 e. The van der Waals surface area contributed by atoms with E-state index in [0.29, 0.717) is 24.8 Å². The molecule has 0 bridgehead atoms. The minimum atomic E-state index is -0.165. The molecule has 1 atom stereocenters. The predicted molar refractivity (Wildman–Crippen MR) is 75.7 cm³/mol. The largest absolute Gasteiger partial charge is 0.330 e. The Hall–Kier alpha value is -2.21. The molecule has 3 rings (SSSR count). The molecule has 6 heteroatoms. The van der Waals surface area contributed by atoms with Gasteiger partial charge in [0.1, 0.15) is 5.82 Å². The molecule has 1 aliphatic rings. The maximum absolute atomic E-state index is 12.5. The van der Waals surface area contributed by atoms with Crippen molar-refractivity contribution in [3.63, 3.8) is 0 Å². The van der Waals surface area contributed by atoms with E-state index in [1.807, 2.05) is 18.2 Å². The Morgan fingerprint density at radius 3 is 3.00 bits per heavy atom. The molecule has 20 heavy (non-hydrogen) atoms. The standard InChI is InChI=1S/C14H17N5O/c1-9-16-13(18-17-9)14(20)19-8-10(6-7-15)11-4-2-3-5-12(11)19/h2-5,10H,6-8,15H2,1H3,(H,16,17,18). The molecule has 1 unspecified atom stereocenters. The summed E-state index contributed by atoms with van der Waals surface area (Å²) < 4.78 is 0. The lowest BCUT2D eigenvalue weighted by atomic mass is 9.98. The lowest BCUT2D eigenvalue weighted by Gasteiger charge is -2.15. The summed E-state index contributed by atoms with van der Waals surface area (Å²) in [4.78, 5) is 18.4. The second kappa shape index (κ2) is 5.05. The van der Waals surface area contributed by atoms with Crippen LogP contribution in [0.25, 0.3) is 0 Å². The highest BCUT2D eigenvalue weighted by atomic mass is 16.2. The summed E-state index contributed by atoms with van der Waals surface area (Å²) >= 11 is 0. The molecular formula is C14H17N5O. The van der Waals surface area contributed by atoms with Crippen molar-refractivity contribution in [2.45, 2.75) is 19.3 Å². The molecule has 0 saturated carbocycles. The summed E-state index contributed by atoms with van der Waals surface area (Å²) in [5.74, 6) is 0.978. The Morgan fingerprint density at radius 2 is 2.30 bits per heavy atom. The number of nitrogens with zero attached hydrogens (tertiary/aromatic N) is 3. The maximum atomic E-state index is 12.5. The van der Waals surface area contributed by atoms with Crippen LogP contribution in [0.15, 0.2) is 24.3 Å². The van der Waals surface area contributed by atoms with E-state index in [-0.39, 0.29) is 11.7 Å². The fourth-order valence-electron chi connectivity index (χ4n) is 2.69. The average Bonchev–Trinajstić information content (AvgIpc) is 3.04. The van der Waals surface area contributed by atoms with Crippen molar-refractivity contribution in [2.75, 3.05) is 18.0 Å². The Labute approximate surface area is 117 Å². The number of aromatic nitrogens is 3. The number of carbonyl (C=O) groups is 1. The Morgan fingerprint density at radius 1 is 1.50 bits per heavy atom. The fourth-order valence-corrected chi connectivity index (χ4v) is 2.69. The number of aryl methyl sites for hydroxylation is 1. The number of hydrogen-bond donors (Lipinski definition) is 2. The van der Waals surface area contributed by atoms with Gasteiger partial charge in [0, 0.05) is 18.2 Å². The topological polar surface area (TPSA) is 87.9 Å². The van der Waals surface area contributed by atoms with Crippen molar-refractivity contribution in [1.29, 1.82) is 0 Å². The molecule has 3 N–H and O–H groups in total. The summed E-state index contributed by atoms with van der Waals surface area (Å²) in [6.07, 6.45) is 0.869. The highest BCUT2D eigenvalue weighted by Crippen LogP contribution is 2.38. The van der Waals surface area contributed by atoms with Crippen LogP contribution in [-0.4, -0.2) is 34.2 Å². The molecule has 0 fully saturated rings. The average molecular weight is 271 g/mol. The van der Waals surface area contributed by atoms with E-state index in [2.05, 4.69) is 21.2 Å². The number of fused-ring (bicyclic) bond motifs is 1. The maximum Gasteiger partial charge on any atom is 0.297 e. The summed E-state index contributed by atoms with van der Waals surface area (Å²) in [7, 11) is 0. The van der Waals surface area contributed by atoms with Gasteiger partial charge in [-0.1, -0.05) is 18.2 Å². The quantitative estimate of drug-likeness (QED) is 0.878. The normalized spacial score (nSPS) is 17.3. The molecule has 1 aromatic carbocycles. The molecular weight excluding hydrogens is 254 g/mol. The molecule has 104 valence electrons. The first kappa shape index (κ1) is 12.8. The van der Waals surface area contributed by atoms with Gasteiger partial charge in [0.05, 0.1) is 0 Å². The molecule has 0 spiro atoms. The summed E-state index contributed by atoms with van der Waals surface area (Å²) in [5, 5.41) is 6.66. The number of H-pyrrole nitrogens is 1. The molecule has 1 aliphatic heterocycles. The number of carbonyl (C=O) groups excluding carboxylic acids is 1. The number of nitrogens with two attached hydrogens (primary N) is 1. The number of amides is 1. The summed E-state index contributed by atoms with van der Waals surface area (Å²) in [6, 6.07) is 7.95. The lowest BCUT2D eigenvalue weighted by molar-refractivity contribution is 0.0978. The zero-order valence-electron chi connectivity index (χ0n) is 11.3. The van der Waals surface area contributed by atoms with Gasteiger partial charge in [-0.2, -0.15) is 0 Å². The first-order valence-corrected chi connectivity index (χ1v) is 6.70. The van der Waals surface area contributed by atoms with E-state index >= 15 is 0 Å². The predicted octanol–water partition coefficient (Wildman–Crippen LogP) is 1.21. The molecule has 2 heterocycles. The van der Waals surface area contributed by atoms with Crippen LogP contribution in [0.3, 0.4) is 0 Å². The van der Waals surface area contributed by atoms with Crippen molar-refractivity contribution >= 4 is 11.6 Å². The van der Waals surface area contributed by atoms with Gasteiger partial charge >= 0.3 is 0 Å². The highest BCUT2D eigenvalue weighted by Gasteiger charge is 2.33. The number of anilines is 1. The minimum absolute atomic E-state index is 0.165. The van der Waals surface area contributed by atoms with Crippen molar-refractivity contribution in [2.24, 2.45) is 5.73 Å². The van der Waals surface area contributed by atoms with Crippen LogP contribution in [0.1, 0.15) is 34.3 Å². The van der Waals surface area contributed by atoms with E-state index in [1.165, 1.54) is 5.56 Å². The fraction of sp³-hybridized carbons (Fsp3) is 0.357. The van der Waals surface area contributed by atoms with Crippen LogP contribution in [-0.2, 0) is 0 Å². The molecule has 0 radical (unpaired) electrons. The smallest absolute Gasteiger partial charge is 0.297 e. The number of para-hydroxylation sites is 1. The van der Waals surface area contributed by atoms with Gasteiger partial charge in [-0.3, -0.25) is 9.89 Å². The Balaban J connectivity index is 1.93. The van der Waals surface area contributed by atoms with E-state index in [0.717, 1.165) is 12.1 Å². The number of nitrogens with one attached hydrogen (secondary N) is 1. The van der Waals surface area contributed by atoms with Crippen molar-refractivity contribution in [3.8, 4) is 0 Å². The van der Waals surface area contributed by atoms with E-state index in [1.54, 1.807) is 11.8 Å². The second-order valence-corrected chi connectivity index (χ2v) is 4.99. The molecule has 2 aromatic rings. The number of benzene rings is 1. The van der Waals surface area contributed by atoms with Gasteiger partial charge in [-0.05, 0) is 31.5 Å². The van der Waals surface area contributed by atoms with Crippen molar-refractivity contribution in [1.82, 2.24) is 15.2 Å². The monoisotopic (exact) mass is 271 g/mol. The lowest BCUT2D eigenvalue weighted by Crippen LogP contribution is -2.31. The van der Waals surface area contributed by atoms with Crippen LogP contribution < -0.4 is 10.6 Å². The summed E-state index contributed by atoms with van der Waals surface area (Å²) in [5.41, 5.74) is 7.79. The van der Waals surface area contributed by atoms with Gasteiger partial charge in [-0.25, -0.2) is 4.98 Å². The molecule has 6 nitrogen and oxygen atoms in total. The van der Waals surface area contributed by atoms with Crippen molar-refractivity contribution in [3.05, 3.63) is 41.5 Å². The van der Waals surface area contributed by atoms with Gasteiger partial charge in [0.25, 0.3) is 5.91 Å².